The number of rotatable bonds is 3. The van der Waals surface area contributed by atoms with Gasteiger partial charge in [-0.15, -0.1) is 0 Å². The molecule has 0 aromatic heterocycles. The maximum absolute atomic E-state index is 12.9. The predicted molar refractivity (Wildman–Crippen MR) is 74.6 cm³/mol. The van der Waals surface area contributed by atoms with Gasteiger partial charge in [0, 0.05) is 11.4 Å². The molecular weight excluding hydrogens is 243 g/mol. The van der Waals surface area contributed by atoms with Gasteiger partial charge in [0.2, 0.25) is 0 Å². The van der Waals surface area contributed by atoms with E-state index in [0.717, 1.165) is 12.5 Å². The highest BCUT2D eigenvalue weighted by atomic mass is 19.1. The van der Waals surface area contributed by atoms with Crippen molar-refractivity contribution in [1.29, 1.82) is 0 Å². The summed E-state index contributed by atoms with van der Waals surface area (Å²) in [4.78, 5) is 12.0. The summed E-state index contributed by atoms with van der Waals surface area (Å²) in [5, 5.41) is 2.73. The van der Waals surface area contributed by atoms with Crippen LogP contribution in [0.4, 0.5) is 15.8 Å². The molecule has 19 heavy (non-hydrogen) atoms. The standard InChI is InChI=1S/C15H15FN2O/c1-2-10-3-6-12(7-4-10)18-15(19)13-8-5-11(16)9-14(13)17/h3-9H,2,17H2,1H3,(H,18,19). The van der Waals surface area contributed by atoms with Crippen LogP contribution in [0.1, 0.15) is 22.8 Å². The average Bonchev–Trinajstić information content (AvgIpc) is 2.39. The molecule has 3 N–H and O–H groups in total. The van der Waals surface area contributed by atoms with Crippen LogP contribution < -0.4 is 11.1 Å². The molecular formula is C15H15FN2O. The molecule has 0 atom stereocenters. The second-order valence-corrected chi connectivity index (χ2v) is 4.24. The summed E-state index contributed by atoms with van der Waals surface area (Å²) in [5.41, 5.74) is 7.89. The molecule has 0 unspecified atom stereocenters. The number of anilines is 2. The topological polar surface area (TPSA) is 55.1 Å². The molecule has 0 saturated carbocycles. The predicted octanol–water partition coefficient (Wildman–Crippen LogP) is 3.22. The SMILES string of the molecule is CCc1ccc(NC(=O)c2ccc(F)cc2N)cc1. The Morgan fingerprint density at radius 3 is 2.47 bits per heavy atom. The van der Waals surface area contributed by atoms with Crippen LogP contribution in [0.5, 0.6) is 0 Å². The van der Waals surface area contributed by atoms with Gasteiger partial charge >= 0.3 is 0 Å². The molecule has 98 valence electrons. The molecule has 0 radical (unpaired) electrons. The number of carbonyl (C=O) groups is 1. The first-order valence-electron chi connectivity index (χ1n) is 6.05. The highest BCUT2D eigenvalue weighted by Gasteiger charge is 2.10. The second-order valence-electron chi connectivity index (χ2n) is 4.24. The first-order chi connectivity index (χ1) is 9.10. The fourth-order valence-electron chi connectivity index (χ4n) is 1.76. The fourth-order valence-corrected chi connectivity index (χ4v) is 1.76. The maximum atomic E-state index is 12.9. The molecule has 0 aliphatic rings. The lowest BCUT2D eigenvalue weighted by atomic mass is 10.1. The number of halogens is 1. The van der Waals surface area contributed by atoms with E-state index in [1.807, 2.05) is 24.3 Å². The molecule has 1 amide bonds. The van der Waals surface area contributed by atoms with Gasteiger partial charge in [0.1, 0.15) is 5.82 Å². The van der Waals surface area contributed by atoms with Crippen molar-refractivity contribution in [3.8, 4) is 0 Å². The fraction of sp³-hybridized carbons (Fsp3) is 0.133. The minimum atomic E-state index is -0.457. The van der Waals surface area contributed by atoms with Gasteiger partial charge in [-0.3, -0.25) is 4.79 Å². The molecule has 0 fully saturated rings. The summed E-state index contributed by atoms with van der Waals surface area (Å²) in [6.07, 6.45) is 0.944. The van der Waals surface area contributed by atoms with Gasteiger partial charge in [-0.2, -0.15) is 0 Å². The van der Waals surface area contributed by atoms with Gasteiger partial charge in [0.05, 0.1) is 5.56 Å². The number of hydrogen-bond acceptors (Lipinski definition) is 2. The van der Waals surface area contributed by atoms with Crippen molar-refractivity contribution in [3.63, 3.8) is 0 Å². The molecule has 0 heterocycles. The van der Waals surface area contributed by atoms with Crippen LogP contribution >= 0.6 is 0 Å². The van der Waals surface area contributed by atoms with Gasteiger partial charge < -0.3 is 11.1 Å². The Morgan fingerprint density at radius 1 is 1.21 bits per heavy atom. The largest absolute Gasteiger partial charge is 0.398 e. The van der Waals surface area contributed by atoms with E-state index in [9.17, 15) is 9.18 Å². The van der Waals surface area contributed by atoms with Crippen LogP contribution in [0.25, 0.3) is 0 Å². The summed E-state index contributed by atoms with van der Waals surface area (Å²) >= 11 is 0. The summed E-state index contributed by atoms with van der Waals surface area (Å²) in [6, 6.07) is 11.3. The summed E-state index contributed by atoms with van der Waals surface area (Å²) in [5.74, 6) is -0.803. The molecule has 2 rings (SSSR count). The Morgan fingerprint density at radius 2 is 1.89 bits per heavy atom. The molecule has 0 aliphatic heterocycles. The monoisotopic (exact) mass is 258 g/mol. The third-order valence-electron chi connectivity index (χ3n) is 2.88. The van der Waals surface area contributed by atoms with Crippen molar-refractivity contribution < 1.29 is 9.18 Å². The van der Waals surface area contributed by atoms with E-state index < -0.39 is 5.82 Å². The summed E-state index contributed by atoms with van der Waals surface area (Å²) in [7, 11) is 0. The van der Waals surface area contributed by atoms with Gasteiger partial charge in [0.15, 0.2) is 0 Å². The van der Waals surface area contributed by atoms with Gasteiger partial charge in [0.25, 0.3) is 5.91 Å². The number of amides is 1. The Hall–Kier alpha value is -2.36. The lowest BCUT2D eigenvalue weighted by Crippen LogP contribution is -2.14. The number of aryl methyl sites for hydroxylation is 1. The highest BCUT2D eigenvalue weighted by molar-refractivity contribution is 6.07. The van der Waals surface area contributed by atoms with Crippen LogP contribution in [0.2, 0.25) is 0 Å². The average molecular weight is 258 g/mol. The van der Waals surface area contributed by atoms with E-state index >= 15 is 0 Å². The molecule has 0 spiro atoms. The van der Waals surface area contributed by atoms with Gasteiger partial charge in [-0.05, 0) is 42.3 Å². The quantitative estimate of drug-likeness (QED) is 0.830. The summed E-state index contributed by atoms with van der Waals surface area (Å²) in [6.45, 7) is 2.06. The Kier molecular flexibility index (Phi) is 3.80. The van der Waals surface area contributed by atoms with E-state index in [1.54, 1.807) is 0 Å². The normalized spacial score (nSPS) is 10.2. The number of carbonyl (C=O) groups excluding carboxylic acids is 1. The van der Waals surface area contributed by atoms with Crippen LogP contribution in [0.3, 0.4) is 0 Å². The number of nitrogens with one attached hydrogen (secondary N) is 1. The highest BCUT2D eigenvalue weighted by Crippen LogP contribution is 2.16. The number of nitrogen functional groups attached to an aromatic ring is 1. The first-order valence-corrected chi connectivity index (χ1v) is 6.05. The van der Waals surface area contributed by atoms with Gasteiger partial charge in [-0.1, -0.05) is 19.1 Å². The lowest BCUT2D eigenvalue weighted by Gasteiger charge is -2.08. The van der Waals surface area contributed by atoms with Crippen LogP contribution in [-0.4, -0.2) is 5.91 Å². The molecule has 2 aromatic carbocycles. The van der Waals surface area contributed by atoms with E-state index in [0.29, 0.717) is 5.69 Å². The van der Waals surface area contributed by atoms with E-state index in [2.05, 4.69) is 12.2 Å². The molecule has 0 aliphatic carbocycles. The smallest absolute Gasteiger partial charge is 0.257 e. The van der Waals surface area contributed by atoms with Crippen LogP contribution in [-0.2, 0) is 6.42 Å². The number of benzene rings is 2. The van der Waals surface area contributed by atoms with Crippen molar-refractivity contribution in [2.75, 3.05) is 11.1 Å². The minimum absolute atomic E-state index is 0.127. The van der Waals surface area contributed by atoms with Crippen LogP contribution in [0.15, 0.2) is 42.5 Å². The molecule has 4 heteroatoms. The Bertz CT molecular complexity index is 594. The molecule has 2 aromatic rings. The zero-order valence-electron chi connectivity index (χ0n) is 10.6. The van der Waals surface area contributed by atoms with Crippen molar-refractivity contribution in [2.24, 2.45) is 0 Å². The molecule has 0 saturated heterocycles. The van der Waals surface area contributed by atoms with Crippen molar-refractivity contribution in [3.05, 3.63) is 59.4 Å². The summed E-state index contributed by atoms with van der Waals surface area (Å²) < 4.78 is 12.9. The first kappa shape index (κ1) is 13.1. The van der Waals surface area contributed by atoms with E-state index in [-0.39, 0.29) is 17.2 Å². The van der Waals surface area contributed by atoms with Crippen molar-refractivity contribution in [2.45, 2.75) is 13.3 Å². The third-order valence-corrected chi connectivity index (χ3v) is 2.88. The third kappa shape index (κ3) is 3.10. The maximum Gasteiger partial charge on any atom is 0.257 e. The molecule has 0 bridgehead atoms. The van der Waals surface area contributed by atoms with Gasteiger partial charge in [-0.25, -0.2) is 4.39 Å². The van der Waals surface area contributed by atoms with Crippen molar-refractivity contribution in [1.82, 2.24) is 0 Å². The van der Waals surface area contributed by atoms with E-state index in [1.165, 1.54) is 17.7 Å². The van der Waals surface area contributed by atoms with Crippen LogP contribution in [0, 0.1) is 5.82 Å². The zero-order chi connectivity index (χ0) is 13.8. The Labute approximate surface area is 111 Å². The number of hydrogen-bond donors (Lipinski definition) is 2. The van der Waals surface area contributed by atoms with E-state index in [4.69, 9.17) is 5.73 Å². The second kappa shape index (κ2) is 5.52. The zero-order valence-corrected chi connectivity index (χ0v) is 10.6. The minimum Gasteiger partial charge on any atom is -0.398 e. The molecule has 3 nitrogen and oxygen atoms in total. The number of nitrogens with two attached hydrogens (primary N) is 1. The lowest BCUT2D eigenvalue weighted by molar-refractivity contribution is 0.102. The Balaban J connectivity index is 2.15. The van der Waals surface area contributed by atoms with Crippen molar-refractivity contribution >= 4 is 17.3 Å².